The van der Waals surface area contributed by atoms with Crippen LogP contribution >= 0.6 is 0 Å². The monoisotopic (exact) mass is 412 g/mol. The molecule has 0 bridgehead atoms. The van der Waals surface area contributed by atoms with Crippen LogP contribution in [0.4, 0.5) is 4.79 Å². The van der Waals surface area contributed by atoms with E-state index in [1.165, 1.54) is 0 Å². The minimum atomic E-state index is -0.524. The number of carbonyl (C=O) groups excluding carboxylic acids is 2. The third-order valence-electron chi connectivity index (χ3n) is 4.48. The lowest BCUT2D eigenvalue weighted by Crippen LogP contribution is -2.50. The molecule has 1 aliphatic rings. The minimum Gasteiger partial charge on any atom is -0.444 e. The number of hydrogen-bond acceptors (Lipinski definition) is 5. The van der Waals surface area contributed by atoms with Crippen molar-refractivity contribution in [2.24, 2.45) is 10.7 Å². The van der Waals surface area contributed by atoms with Crippen LogP contribution < -0.4 is 21.7 Å². The van der Waals surface area contributed by atoms with Crippen molar-refractivity contribution in [3.05, 3.63) is 0 Å². The van der Waals surface area contributed by atoms with E-state index in [1.807, 2.05) is 27.7 Å². The topological polar surface area (TPSA) is 121 Å². The maximum Gasteiger partial charge on any atom is 0.407 e. The number of likely N-dealkylation sites (tertiary alicyclic amines) is 1. The van der Waals surface area contributed by atoms with Crippen LogP contribution in [0.5, 0.6) is 0 Å². The van der Waals surface area contributed by atoms with Gasteiger partial charge in [-0.2, -0.15) is 0 Å². The van der Waals surface area contributed by atoms with E-state index >= 15 is 0 Å². The maximum absolute atomic E-state index is 12.1. The third-order valence-corrected chi connectivity index (χ3v) is 4.48. The Labute approximate surface area is 175 Å². The maximum atomic E-state index is 12.1. The molecule has 1 saturated heterocycles. The fraction of sp³-hybridized carbons (Fsp3) is 0.850. The lowest BCUT2D eigenvalue weighted by atomic mass is 10.1. The van der Waals surface area contributed by atoms with E-state index < -0.39 is 11.7 Å². The first-order valence-corrected chi connectivity index (χ1v) is 10.7. The van der Waals surface area contributed by atoms with Gasteiger partial charge in [-0.05, 0) is 47.0 Å². The molecule has 0 radical (unpaired) electrons. The Morgan fingerprint density at radius 2 is 1.90 bits per heavy atom. The number of aliphatic imine (C=N–C) groups is 1. The molecule has 2 amide bonds. The highest BCUT2D eigenvalue weighted by molar-refractivity contribution is 5.80. The number of piperidine rings is 1. The molecule has 0 aromatic rings. The van der Waals surface area contributed by atoms with Crippen molar-refractivity contribution in [2.45, 2.75) is 78.0 Å². The van der Waals surface area contributed by atoms with E-state index in [0.717, 1.165) is 51.3 Å². The van der Waals surface area contributed by atoms with Gasteiger partial charge >= 0.3 is 6.09 Å². The van der Waals surface area contributed by atoms with Gasteiger partial charge in [0.15, 0.2) is 5.96 Å². The number of carbonyl (C=O) groups is 2. The molecule has 0 aromatic heterocycles. The molecular formula is C20H40N6O3. The van der Waals surface area contributed by atoms with Crippen LogP contribution in [-0.4, -0.2) is 73.3 Å². The second-order valence-electron chi connectivity index (χ2n) is 8.51. The quantitative estimate of drug-likeness (QED) is 0.333. The van der Waals surface area contributed by atoms with Crippen molar-refractivity contribution in [1.82, 2.24) is 20.9 Å². The van der Waals surface area contributed by atoms with Crippen LogP contribution in [0.3, 0.4) is 0 Å². The molecule has 168 valence electrons. The van der Waals surface area contributed by atoms with E-state index in [9.17, 15) is 9.59 Å². The van der Waals surface area contributed by atoms with Crippen molar-refractivity contribution in [2.75, 3.05) is 32.7 Å². The van der Waals surface area contributed by atoms with Crippen LogP contribution in [0.2, 0.25) is 0 Å². The summed E-state index contributed by atoms with van der Waals surface area (Å²) in [5, 5.41) is 9.67. The standard InChI is InChI=1S/C20H40N6O3/c1-6-8-16(25-19(28)29-20(3,4)5)13-23-18(22-7-2)24-15-9-11-26(12-10-15)14-17(21)27/h15-16H,6-14H2,1-5H3,(H2,21,27)(H,25,28)(H2,22,23,24). The van der Waals surface area contributed by atoms with Crippen molar-refractivity contribution >= 4 is 18.0 Å². The summed E-state index contributed by atoms with van der Waals surface area (Å²) in [6.45, 7) is 12.9. The van der Waals surface area contributed by atoms with Crippen LogP contribution in [-0.2, 0) is 9.53 Å². The SMILES string of the molecule is CCCC(CN=C(NCC)NC1CCN(CC(N)=O)CC1)NC(=O)OC(C)(C)C. The first-order chi connectivity index (χ1) is 13.6. The second-order valence-corrected chi connectivity index (χ2v) is 8.51. The molecular weight excluding hydrogens is 372 g/mol. The molecule has 0 aromatic carbocycles. The predicted octanol–water partition coefficient (Wildman–Crippen LogP) is 1.18. The van der Waals surface area contributed by atoms with Crippen molar-refractivity contribution < 1.29 is 14.3 Å². The average Bonchev–Trinajstić information content (AvgIpc) is 2.59. The summed E-state index contributed by atoms with van der Waals surface area (Å²) in [7, 11) is 0. The summed E-state index contributed by atoms with van der Waals surface area (Å²) in [6, 6.07) is 0.211. The van der Waals surface area contributed by atoms with Gasteiger partial charge in [0, 0.05) is 25.7 Å². The van der Waals surface area contributed by atoms with Gasteiger partial charge in [-0.1, -0.05) is 13.3 Å². The van der Waals surface area contributed by atoms with E-state index in [2.05, 4.69) is 32.8 Å². The molecule has 0 spiro atoms. The zero-order valence-electron chi connectivity index (χ0n) is 18.7. The molecule has 1 unspecified atom stereocenters. The van der Waals surface area contributed by atoms with Gasteiger partial charge in [-0.3, -0.25) is 14.7 Å². The number of amides is 2. The molecule has 5 N–H and O–H groups in total. The van der Waals surface area contributed by atoms with Gasteiger partial charge in [0.25, 0.3) is 0 Å². The Balaban J connectivity index is 2.59. The normalized spacial score (nSPS) is 17.5. The van der Waals surface area contributed by atoms with Gasteiger partial charge in [-0.15, -0.1) is 0 Å². The van der Waals surface area contributed by atoms with E-state index in [-0.39, 0.29) is 11.9 Å². The Kier molecular flexibility index (Phi) is 10.8. The smallest absolute Gasteiger partial charge is 0.407 e. The number of nitrogens with zero attached hydrogens (tertiary/aromatic N) is 2. The fourth-order valence-corrected chi connectivity index (χ4v) is 3.20. The molecule has 1 rings (SSSR count). The number of hydrogen-bond donors (Lipinski definition) is 4. The largest absolute Gasteiger partial charge is 0.444 e. The summed E-state index contributed by atoms with van der Waals surface area (Å²) in [4.78, 5) is 29.9. The van der Waals surface area contributed by atoms with Gasteiger partial charge in [0.1, 0.15) is 5.60 Å². The van der Waals surface area contributed by atoms with Crippen molar-refractivity contribution in [1.29, 1.82) is 0 Å². The molecule has 1 heterocycles. The van der Waals surface area contributed by atoms with Crippen molar-refractivity contribution in [3.8, 4) is 0 Å². The van der Waals surface area contributed by atoms with Gasteiger partial charge in [0.2, 0.25) is 5.91 Å². The number of rotatable bonds is 9. The molecule has 0 saturated carbocycles. The average molecular weight is 413 g/mol. The highest BCUT2D eigenvalue weighted by atomic mass is 16.6. The first-order valence-electron chi connectivity index (χ1n) is 10.7. The van der Waals surface area contributed by atoms with E-state index in [1.54, 1.807) is 0 Å². The second kappa shape index (κ2) is 12.5. The Hall–Kier alpha value is -2.03. The molecule has 9 heteroatoms. The summed E-state index contributed by atoms with van der Waals surface area (Å²) >= 11 is 0. The minimum absolute atomic E-state index is 0.0808. The van der Waals surface area contributed by atoms with Crippen molar-refractivity contribution in [3.63, 3.8) is 0 Å². The first kappa shape index (κ1) is 25.0. The third kappa shape index (κ3) is 11.5. The molecule has 9 nitrogen and oxygen atoms in total. The number of guanidine groups is 1. The summed E-state index contributed by atoms with van der Waals surface area (Å²) in [5.74, 6) is 0.457. The summed E-state index contributed by atoms with van der Waals surface area (Å²) in [6.07, 6.45) is 3.20. The van der Waals surface area contributed by atoms with E-state index in [0.29, 0.717) is 19.1 Å². The Morgan fingerprint density at radius 1 is 1.24 bits per heavy atom. The number of nitrogens with one attached hydrogen (secondary N) is 3. The number of primary amides is 1. The number of alkyl carbamates (subject to hydrolysis) is 1. The zero-order valence-corrected chi connectivity index (χ0v) is 18.7. The molecule has 1 aliphatic heterocycles. The van der Waals surface area contributed by atoms with Crippen LogP contribution in [0, 0.1) is 0 Å². The molecule has 0 aliphatic carbocycles. The summed E-state index contributed by atoms with van der Waals surface area (Å²) < 4.78 is 5.36. The van der Waals surface area contributed by atoms with Crippen LogP contribution in [0.1, 0.15) is 60.3 Å². The van der Waals surface area contributed by atoms with Gasteiger partial charge < -0.3 is 26.4 Å². The Morgan fingerprint density at radius 3 is 2.41 bits per heavy atom. The molecule has 29 heavy (non-hydrogen) atoms. The molecule has 1 fully saturated rings. The van der Waals surface area contributed by atoms with Gasteiger partial charge in [-0.25, -0.2) is 4.79 Å². The van der Waals surface area contributed by atoms with E-state index in [4.69, 9.17) is 10.5 Å². The lowest BCUT2D eigenvalue weighted by Gasteiger charge is -2.32. The molecule has 1 atom stereocenters. The van der Waals surface area contributed by atoms with Crippen LogP contribution in [0.15, 0.2) is 4.99 Å². The zero-order chi connectivity index (χ0) is 21.9. The number of ether oxygens (including phenoxy) is 1. The fourth-order valence-electron chi connectivity index (χ4n) is 3.20. The number of nitrogens with two attached hydrogens (primary N) is 1. The lowest BCUT2D eigenvalue weighted by molar-refractivity contribution is -0.119. The van der Waals surface area contributed by atoms with Crippen LogP contribution in [0.25, 0.3) is 0 Å². The Bertz CT molecular complexity index is 539. The highest BCUT2D eigenvalue weighted by Crippen LogP contribution is 2.10. The predicted molar refractivity (Wildman–Crippen MR) is 116 cm³/mol. The van der Waals surface area contributed by atoms with Gasteiger partial charge in [0.05, 0.1) is 19.1 Å². The highest BCUT2D eigenvalue weighted by Gasteiger charge is 2.22. The summed E-state index contributed by atoms with van der Waals surface area (Å²) in [5.41, 5.74) is 4.75.